The van der Waals surface area contributed by atoms with Crippen LogP contribution in [0, 0.1) is 5.92 Å². The van der Waals surface area contributed by atoms with Crippen LogP contribution in [-0.4, -0.2) is 30.4 Å². The van der Waals surface area contributed by atoms with Gasteiger partial charge in [0.2, 0.25) is 5.91 Å². The molecular weight excluding hydrogens is 306 g/mol. The summed E-state index contributed by atoms with van der Waals surface area (Å²) in [5.74, 6) is 0.765. The fraction of sp³-hybridized carbons (Fsp3) is 0.500. The highest BCUT2D eigenvalue weighted by atomic mass is 79.9. The maximum absolute atomic E-state index is 12.0. The predicted molar refractivity (Wildman–Crippen MR) is 82.0 cm³/mol. The normalized spacial score (nSPS) is 16.4. The van der Waals surface area contributed by atoms with Gasteiger partial charge in [0.1, 0.15) is 0 Å². The average molecular weight is 326 g/mol. The molecule has 1 saturated carbocycles. The zero-order valence-corrected chi connectivity index (χ0v) is 12.9. The van der Waals surface area contributed by atoms with Crippen LogP contribution in [0.3, 0.4) is 0 Å². The molecule has 0 aliphatic heterocycles. The second-order valence-corrected chi connectivity index (χ2v) is 6.13. The van der Waals surface area contributed by atoms with Crippen molar-refractivity contribution in [3.05, 3.63) is 22.7 Å². The van der Waals surface area contributed by atoms with Gasteiger partial charge in [0.25, 0.3) is 0 Å². The Kier molecular flexibility index (Phi) is 4.47. The van der Waals surface area contributed by atoms with Gasteiger partial charge in [-0.25, -0.2) is 0 Å². The SMILES string of the molecule is CC(C1CC1)N(C)CC(=O)Nc1ccc(N)cc1Br. The molecule has 0 spiro atoms. The van der Waals surface area contributed by atoms with Gasteiger partial charge in [0.05, 0.1) is 12.2 Å². The van der Waals surface area contributed by atoms with Crippen LogP contribution < -0.4 is 11.1 Å². The minimum Gasteiger partial charge on any atom is -0.399 e. The maximum atomic E-state index is 12.0. The molecule has 19 heavy (non-hydrogen) atoms. The van der Waals surface area contributed by atoms with Crippen molar-refractivity contribution >= 4 is 33.2 Å². The van der Waals surface area contributed by atoms with Gasteiger partial charge in [-0.05, 0) is 66.9 Å². The number of halogens is 1. The Morgan fingerprint density at radius 2 is 2.26 bits per heavy atom. The van der Waals surface area contributed by atoms with Crippen molar-refractivity contribution in [3.63, 3.8) is 0 Å². The lowest BCUT2D eigenvalue weighted by atomic mass is 10.2. The van der Waals surface area contributed by atoms with E-state index in [9.17, 15) is 4.79 Å². The molecule has 1 unspecified atom stereocenters. The fourth-order valence-corrected chi connectivity index (χ4v) is 2.63. The molecule has 1 fully saturated rings. The minimum absolute atomic E-state index is 0.000437. The van der Waals surface area contributed by atoms with E-state index in [-0.39, 0.29) is 5.91 Å². The van der Waals surface area contributed by atoms with Gasteiger partial charge in [-0.3, -0.25) is 9.69 Å². The Balaban J connectivity index is 1.89. The molecule has 0 heterocycles. The van der Waals surface area contributed by atoms with Gasteiger partial charge in [-0.15, -0.1) is 0 Å². The number of anilines is 2. The first-order chi connectivity index (χ1) is 8.97. The number of carbonyl (C=O) groups is 1. The summed E-state index contributed by atoms with van der Waals surface area (Å²) in [6.07, 6.45) is 2.58. The molecule has 0 radical (unpaired) electrons. The molecule has 5 heteroatoms. The summed E-state index contributed by atoms with van der Waals surface area (Å²) in [7, 11) is 2.00. The van der Waals surface area contributed by atoms with E-state index >= 15 is 0 Å². The number of nitrogen functional groups attached to an aromatic ring is 1. The zero-order chi connectivity index (χ0) is 14.0. The van der Waals surface area contributed by atoms with Crippen LogP contribution in [0.15, 0.2) is 22.7 Å². The zero-order valence-electron chi connectivity index (χ0n) is 11.3. The molecule has 1 amide bonds. The average Bonchev–Trinajstić information content (AvgIpc) is 3.15. The van der Waals surface area contributed by atoms with E-state index in [0.717, 1.165) is 16.1 Å². The van der Waals surface area contributed by atoms with Gasteiger partial charge in [-0.2, -0.15) is 0 Å². The second kappa shape index (κ2) is 5.92. The summed E-state index contributed by atoms with van der Waals surface area (Å²) in [6.45, 7) is 2.60. The lowest BCUT2D eigenvalue weighted by Gasteiger charge is -2.23. The van der Waals surface area contributed by atoms with Crippen LogP contribution in [0.2, 0.25) is 0 Å². The standard InChI is InChI=1S/C14H20BrN3O/c1-9(10-3-4-10)18(2)8-14(19)17-13-6-5-11(16)7-12(13)15/h5-7,9-10H,3-4,8,16H2,1-2H3,(H,17,19). The highest BCUT2D eigenvalue weighted by Crippen LogP contribution is 2.34. The molecule has 1 aliphatic carbocycles. The number of amides is 1. The molecule has 2 rings (SSSR count). The lowest BCUT2D eigenvalue weighted by Crippen LogP contribution is -2.37. The topological polar surface area (TPSA) is 58.4 Å². The lowest BCUT2D eigenvalue weighted by molar-refractivity contribution is -0.117. The van der Waals surface area contributed by atoms with E-state index in [0.29, 0.717) is 18.3 Å². The highest BCUT2D eigenvalue weighted by molar-refractivity contribution is 9.10. The number of benzene rings is 1. The Bertz CT molecular complexity index is 474. The van der Waals surface area contributed by atoms with Crippen molar-refractivity contribution in [2.24, 2.45) is 5.92 Å². The number of hydrogen-bond donors (Lipinski definition) is 2. The first-order valence-corrected chi connectivity index (χ1v) is 7.32. The molecule has 0 aromatic heterocycles. The Hall–Kier alpha value is -1.07. The van der Waals surface area contributed by atoms with E-state index in [1.165, 1.54) is 12.8 Å². The van der Waals surface area contributed by atoms with E-state index < -0.39 is 0 Å². The van der Waals surface area contributed by atoms with Crippen molar-refractivity contribution in [2.75, 3.05) is 24.6 Å². The van der Waals surface area contributed by atoms with E-state index in [1.807, 2.05) is 13.1 Å². The van der Waals surface area contributed by atoms with Crippen molar-refractivity contribution in [1.29, 1.82) is 0 Å². The van der Waals surface area contributed by atoms with Crippen molar-refractivity contribution in [3.8, 4) is 0 Å². The third kappa shape index (κ3) is 3.94. The van der Waals surface area contributed by atoms with Crippen LogP contribution in [-0.2, 0) is 4.79 Å². The van der Waals surface area contributed by atoms with E-state index in [1.54, 1.807) is 12.1 Å². The number of likely N-dealkylation sites (N-methyl/N-ethyl adjacent to an activating group) is 1. The number of nitrogens with two attached hydrogens (primary N) is 1. The largest absolute Gasteiger partial charge is 0.399 e. The van der Waals surface area contributed by atoms with E-state index in [2.05, 4.69) is 33.1 Å². The summed E-state index contributed by atoms with van der Waals surface area (Å²) in [5.41, 5.74) is 7.09. The number of nitrogens with zero attached hydrogens (tertiary/aromatic N) is 1. The molecule has 3 N–H and O–H groups in total. The third-order valence-electron chi connectivity index (χ3n) is 3.66. The Labute approximate surface area is 122 Å². The maximum Gasteiger partial charge on any atom is 0.238 e. The minimum atomic E-state index is 0.000437. The molecule has 1 aromatic carbocycles. The molecular formula is C14H20BrN3O. The number of carbonyl (C=O) groups excluding carboxylic acids is 1. The smallest absolute Gasteiger partial charge is 0.238 e. The Morgan fingerprint density at radius 1 is 1.58 bits per heavy atom. The summed E-state index contributed by atoms with van der Waals surface area (Å²) < 4.78 is 0.804. The summed E-state index contributed by atoms with van der Waals surface area (Å²) in [6, 6.07) is 5.84. The Morgan fingerprint density at radius 3 is 2.84 bits per heavy atom. The van der Waals surface area contributed by atoms with Crippen molar-refractivity contribution < 1.29 is 4.79 Å². The number of rotatable bonds is 5. The summed E-state index contributed by atoms with van der Waals surface area (Å²) in [4.78, 5) is 14.1. The number of nitrogens with one attached hydrogen (secondary N) is 1. The summed E-state index contributed by atoms with van der Waals surface area (Å²) in [5, 5.41) is 2.90. The van der Waals surface area contributed by atoms with Gasteiger partial charge in [-0.1, -0.05) is 0 Å². The van der Waals surface area contributed by atoms with E-state index in [4.69, 9.17) is 5.73 Å². The van der Waals surface area contributed by atoms with Crippen LogP contribution >= 0.6 is 15.9 Å². The van der Waals surface area contributed by atoms with Gasteiger partial charge < -0.3 is 11.1 Å². The van der Waals surface area contributed by atoms with Crippen LogP contribution in [0.25, 0.3) is 0 Å². The number of hydrogen-bond acceptors (Lipinski definition) is 3. The second-order valence-electron chi connectivity index (χ2n) is 5.28. The molecule has 0 bridgehead atoms. The van der Waals surface area contributed by atoms with Crippen LogP contribution in [0.5, 0.6) is 0 Å². The monoisotopic (exact) mass is 325 g/mol. The fourth-order valence-electron chi connectivity index (χ4n) is 2.13. The van der Waals surface area contributed by atoms with Crippen LogP contribution in [0.4, 0.5) is 11.4 Å². The van der Waals surface area contributed by atoms with Crippen LogP contribution in [0.1, 0.15) is 19.8 Å². The summed E-state index contributed by atoms with van der Waals surface area (Å²) >= 11 is 3.40. The molecule has 1 aromatic rings. The molecule has 104 valence electrons. The highest BCUT2D eigenvalue weighted by Gasteiger charge is 2.30. The molecule has 0 saturated heterocycles. The van der Waals surface area contributed by atoms with Gasteiger partial charge in [0.15, 0.2) is 0 Å². The molecule has 4 nitrogen and oxygen atoms in total. The van der Waals surface area contributed by atoms with Gasteiger partial charge in [0, 0.05) is 16.2 Å². The molecule has 1 atom stereocenters. The van der Waals surface area contributed by atoms with Crippen molar-refractivity contribution in [1.82, 2.24) is 4.90 Å². The quantitative estimate of drug-likeness (QED) is 0.818. The molecule has 1 aliphatic rings. The van der Waals surface area contributed by atoms with Gasteiger partial charge >= 0.3 is 0 Å². The first kappa shape index (κ1) is 14.3. The van der Waals surface area contributed by atoms with Crippen molar-refractivity contribution in [2.45, 2.75) is 25.8 Å². The third-order valence-corrected chi connectivity index (χ3v) is 4.32. The predicted octanol–water partition coefficient (Wildman–Crippen LogP) is 2.70. The first-order valence-electron chi connectivity index (χ1n) is 6.52.